The second kappa shape index (κ2) is 60.7. The predicted molar refractivity (Wildman–Crippen MR) is 307 cm³/mol. The van der Waals surface area contributed by atoms with Crippen molar-refractivity contribution >= 4 is 17.9 Å². The summed E-state index contributed by atoms with van der Waals surface area (Å²) < 4.78 is 16.8. The Hall–Kier alpha value is -1.85. The van der Waals surface area contributed by atoms with Crippen LogP contribution in [-0.2, 0) is 28.6 Å². The minimum atomic E-state index is -0.767. The molecule has 6 heteroatoms. The molecule has 420 valence electrons. The van der Waals surface area contributed by atoms with E-state index in [1.165, 1.54) is 263 Å². The summed E-state index contributed by atoms with van der Waals surface area (Å²) in [7, 11) is 0. The van der Waals surface area contributed by atoms with Crippen molar-refractivity contribution < 1.29 is 28.6 Å². The first-order chi connectivity index (χ1) is 35.0. The van der Waals surface area contributed by atoms with Gasteiger partial charge in [-0.3, -0.25) is 14.4 Å². The highest BCUT2D eigenvalue weighted by molar-refractivity contribution is 5.71. The van der Waals surface area contributed by atoms with E-state index < -0.39 is 6.10 Å². The minimum absolute atomic E-state index is 0.0687. The molecule has 6 nitrogen and oxygen atoms in total. The zero-order chi connectivity index (χ0) is 51.4. The van der Waals surface area contributed by atoms with E-state index in [9.17, 15) is 14.4 Å². The first-order valence-electron chi connectivity index (χ1n) is 32.2. The quantitative estimate of drug-likeness (QED) is 0.0261. The van der Waals surface area contributed by atoms with Gasteiger partial charge in [-0.05, 0) is 44.9 Å². The van der Waals surface area contributed by atoms with Crippen LogP contribution in [0.15, 0.2) is 12.2 Å². The zero-order valence-corrected chi connectivity index (χ0v) is 48.3. The summed E-state index contributed by atoms with van der Waals surface area (Å²) in [6, 6.07) is 0. The molecule has 0 aliphatic heterocycles. The highest BCUT2D eigenvalue weighted by Gasteiger charge is 2.19. The maximum atomic E-state index is 12.8. The van der Waals surface area contributed by atoms with Crippen LogP contribution in [0.25, 0.3) is 0 Å². The van der Waals surface area contributed by atoms with Crippen LogP contribution in [0.5, 0.6) is 0 Å². The Morgan fingerprint density at radius 1 is 0.268 bits per heavy atom. The molecule has 0 saturated heterocycles. The molecule has 0 aromatic heterocycles. The van der Waals surface area contributed by atoms with Crippen LogP contribution in [0, 0.1) is 0 Å². The van der Waals surface area contributed by atoms with Crippen molar-refractivity contribution in [3.63, 3.8) is 0 Å². The number of hydrogen-bond donors (Lipinski definition) is 0. The van der Waals surface area contributed by atoms with Crippen LogP contribution in [0.4, 0.5) is 0 Å². The smallest absolute Gasteiger partial charge is 0.306 e. The Morgan fingerprint density at radius 2 is 0.465 bits per heavy atom. The molecular weight excluding hydrogens is 877 g/mol. The van der Waals surface area contributed by atoms with E-state index in [4.69, 9.17) is 14.2 Å². The van der Waals surface area contributed by atoms with Gasteiger partial charge in [-0.15, -0.1) is 0 Å². The molecule has 0 amide bonds. The number of unbranched alkanes of at least 4 members (excludes halogenated alkanes) is 47. The summed E-state index contributed by atoms with van der Waals surface area (Å²) in [6.45, 7) is 6.62. The summed E-state index contributed by atoms with van der Waals surface area (Å²) in [5.41, 5.74) is 0. The molecule has 0 aliphatic carbocycles. The van der Waals surface area contributed by atoms with Crippen molar-refractivity contribution in [3.05, 3.63) is 12.2 Å². The first-order valence-corrected chi connectivity index (χ1v) is 32.2. The number of carbonyl (C=O) groups is 3. The molecule has 0 N–H and O–H groups in total. The maximum absolute atomic E-state index is 12.8. The van der Waals surface area contributed by atoms with Crippen LogP contribution in [0.3, 0.4) is 0 Å². The van der Waals surface area contributed by atoms with E-state index in [-0.39, 0.29) is 31.1 Å². The topological polar surface area (TPSA) is 78.9 Å². The van der Waals surface area contributed by atoms with Gasteiger partial charge in [0.2, 0.25) is 0 Å². The van der Waals surface area contributed by atoms with Gasteiger partial charge in [0.15, 0.2) is 6.10 Å². The molecule has 0 heterocycles. The van der Waals surface area contributed by atoms with Gasteiger partial charge in [0.1, 0.15) is 13.2 Å². The van der Waals surface area contributed by atoms with E-state index in [1.54, 1.807) is 0 Å². The lowest BCUT2D eigenvalue weighted by atomic mass is 10.0. The summed E-state index contributed by atoms with van der Waals surface area (Å²) in [6.07, 6.45) is 71.4. The molecule has 0 radical (unpaired) electrons. The lowest BCUT2D eigenvalue weighted by Gasteiger charge is -2.18. The Balaban J connectivity index is 3.87. The SMILES string of the molecule is CCCCCCC/C=C\CCCCCCCC(=O)OC(COC(=O)CCCCCCCC)COC(=O)CCCCCCCCCCCCCCCCCCCCCCCCCCCCCCCCCCC. The molecule has 71 heavy (non-hydrogen) atoms. The number of hydrogen-bond acceptors (Lipinski definition) is 6. The number of rotatable bonds is 60. The molecule has 0 spiro atoms. The van der Waals surface area contributed by atoms with E-state index in [1.807, 2.05) is 0 Å². The van der Waals surface area contributed by atoms with Gasteiger partial charge in [0.05, 0.1) is 0 Å². The average Bonchev–Trinajstić information content (AvgIpc) is 3.37. The molecule has 1 atom stereocenters. The lowest BCUT2D eigenvalue weighted by molar-refractivity contribution is -0.167. The minimum Gasteiger partial charge on any atom is -0.462 e. The average molecular weight is 1000 g/mol. The van der Waals surface area contributed by atoms with E-state index >= 15 is 0 Å². The van der Waals surface area contributed by atoms with Crippen LogP contribution >= 0.6 is 0 Å². The van der Waals surface area contributed by atoms with Crippen molar-refractivity contribution in [2.75, 3.05) is 13.2 Å². The second-order valence-electron chi connectivity index (χ2n) is 22.0. The Labute approximate surface area is 443 Å². The molecule has 0 aromatic carbocycles. The van der Waals surface area contributed by atoms with Crippen LogP contribution in [0.1, 0.15) is 367 Å². The first kappa shape index (κ1) is 69.2. The standard InChI is InChI=1S/C65H124O6/c1-4-7-10-13-16-18-20-22-24-25-26-27-28-29-30-31-32-33-34-35-36-37-38-39-40-41-42-44-45-47-49-52-55-58-64(67)70-61-62(60-69-63(66)57-54-51-15-12-9-6-3)71-65(68)59-56-53-50-48-46-43-23-21-19-17-14-11-8-5-2/h21,23,62H,4-20,22,24-61H2,1-3H3/b23-21-. The summed E-state index contributed by atoms with van der Waals surface area (Å²) in [5.74, 6) is -0.866. The third-order valence-corrected chi connectivity index (χ3v) is 14.8. The number of allylic oxidation sites excluding steroid dienone is 2. The fourth-order valence-electron chi connectivity index (χ4n) is 9.91. The Kier molecular flexibility index (Phi) is 59.1. The Morgan fingerprint density at radius 3 is 0.704 bits per heavy atom. The molecular formula is C65H124O6. The fourth-order valence-corrected chi connectivity index (χ4v) is 9.91. The number of carbonyl (C=O) groups excluding carboxylic acids is 3. The highest BCUT2D eigenvalue weighted by Crippen LogP contribution is 2.18. The predicted octanol–water partition coefficient (Wildman–Crippen LogP) is 21.7. The maximum Gasteiger partial charge on any atom is 0.306 e. The van der Waals surface area contributed by atoms with Crippen molar-refractivity contribution in [2.24, 2.45) is 0 Å². The fraction of sp³-hybridized carbons (Fsp3) is 0.923. The molecule has 0 aromatic rings. The number of ether oxygens (including phenoxy) is 3. The van der Waals surface area contributed by atoms with E-state index in [0.717, 1.165) is 64.2 Å². The molecule has 0 aliphatic rings. The summed E-state index contributed by atoms with van der Waals surface area (Å²) >= 11 is 0. The van der Waals surface area contributed by atoms with Gasteiger partial charge in [-0.25, -0.2) is 0 Å². The lowest BCUT2D eigenvalue weighted by Crippen LogP contribution is -2.30. The van der Waals surface area contributed by atoms with Gasteiger partial charge >= 0.3 is 17.9 Å². The molecule has 0 bridgehead atoms. The molecule has 1 unspecified atom stereocenters. The van der Waals surface area contributed by atoms with Crippen LogP contribution in [0.2, 0.25) is 0 Å². The molecule has 0 saturated carbocycles. The molecule has 0 rings (SSSR count). The highest BCUT2D eigenvalue weighted by atomic mass is 16.6. The summed E-state index contributed by atoms with van der Waals surface area (Å²) in [4.78, 5) is 37.9. The largest absolute Gasteiger partial charge is 0.462 e. The monoisotopic (exact) mass is 1000 g/mol. The zero-order valence-electron chi connectivity index (χ0n) is 48.3. The third-order valence-electron chi connectivity index (χ3n) is 14.8. The van der Waals surface area contributed by atoms with Crippen molar-refractivity contribution in [2.45, 2.75) is 374 Å². The van der Waals surface area contributed by atoms with Crippen molar-refractivity contribution in [3.8, 4) is 0 Å². The Bertz CT molecular complexity index is 1100. The number of esters is 3. The van der Waals surface area contributed by atoms with E-state index in [2.05, 4.69) is 32.9 Å². The van der Waals surface area contributed by atoms with Crippen molar-refractivity contribution in [1.82, 2.24) is 0 Å². The van der Waals surface area contributed by atoms with E-state index in [0.29, 0.717) is 19.3 Å². The van der Waals surface area contributed by atoms with Gasteiger partial charge in [-0.1, -0.05) is 315 Å². The van der Waals surface area contributed by atoms with Crippen LogP contribution < -0.4 is 0 Å². The van der Waals surface area contributed by atoms with Crippen LogP contribution in [-0.4, -0.2) is 37.2 Å². The second-order valence-corrected chi connectivity index (χ2v) is 22.0. The molecule has 0 fully saturated rings. The van der Waals surface area contributed by atoms with Crippen molar-refractivity contribution in [1.29, 1.82) is 0 Å². The van der Waals surface area contributed by atoms with Gasteiger partial charge in [0.25, 0.3) is 0 Å². The third kappa shape index (κ3) is 58.9. The van der Waals surface area contributed by atoms with Gasteiger partial charge < -0.3 is 14.2 Å². The van der Waals surface area contributed by atoms with Gasteiger partial charge in [0, 0.05) is 19.3 Å². The van der Waals surface area contributed by atoms with Gasteiger partial charge in [-0.2, -0.15) is 0 Å². The normalized spacial score (nSPS) is 12.0. The summed E-state index contributed by atoms with van der Waals surface area (Å²) in [5, 5.41) is 0.